The van der Waals surface area contributed by atoms with Crippen molar-refractivity contribution in [1.82, 2.24) is 16.2 Å². The number of ether oxygens (including phenoxy) is 3. The van der Waals surface area contributed by atoms with Gasteiger partial charge in [0, 0.05) is 18.5 Å². The van der Waals surface area contributed by atoms with Gasteiger partial charge in [0.15, 0.2) is 17.3 Å². The Hall–Kier alpha value is -3.69. The van der Waals surface area contributed by atoms with Crippen molar-refractivity contribution in [3.05, 3.63) is 41.9 Å². The molecule has 3 N–H and O–H groups in total. The van der Waals surface area contributed by atoms with Crippen molar-refractivity contribution < 1.29 is 33.0 Å². The molecule has 10 nitrogen and oxygen atoms in total. The highest BCUT2D eigenvalue weighted by Gasteiger charge is 2.18. The van der Waals surface area contributed by atoms with Crippen molar-refractivity contribution in [2.75, 3.05) is 26.4 Å². The molecule has 0 atom stereocenters. The second-order valence-electron chi connectivity index (χ2n) is 6.44. The second kappa shape index (κ2) is 12.9. The smallest absolute Gasteiger partial charge is 0.286 e. The molecule has 1 heterocycles. The van der Waals surface area contributed by atoms with Crippen LogP contribution in [0.5, 0.6) is 17.2 Å². The quantitative estimate of drug-likeness (QED) is 0.337. The summed E-state index contributed by atoms with van der Waals surface area (Å²) in [7, 11) is 0. The lowest BCUT2D eigenvalue weighted by atomic mass is 10.1. The molecule has 0 unspecified atom stereocenters. The van der Waals surface area contributed by atoms with Crippen LogP contribution in [0, 0.1) is 0 Å². The van der Waals surface area contributed by atoms with Crippen LogP contribution in [0.25, 0.3) is 0 Å². The SMILES string of the molecule is CCOc1cc(C(=O)NNC(=O)CCCNC(=O)c2ccco2)cc(OCC)c1OCC. The molecule has 174 valence electrons. The van der Waals surface area contributed by atoms with Crippen molar-refractivity contribution in [2.24, 2.45) is 0 Å². The Kier molecular flexibility index (Phi) is 9.89. The third-order valence-electron chi connectivity index (χ3n) is 4.10. The van der Waals surface area contributed by atoms with E-state index >= 15 is 0 Å². The number of nitrogens with one attached hydrogen (secondary N) is 3. The fourth-order valence-corrected chi connectivity index (χ4v) is 2.73. The largest absolute Gasteiger partial charge is 0.490 e. The first-order chi connectivity index (χ1) is 15.5. The Bertz CT molecular complexity index is 870. The van der Waals surface area contributed by atoms with Crippen molar-refractivity contribution in [1.29, 1.82) is 0 Å². The van der Waals surface area contributed by atoms with E-state index in [1.165, 1.54) is 18.4 Å². The van der Waals surface area contributed by atoms with Crippen LogP contribution in [0.4, 0.5) is 0 Å². The molecule has 0 aliphatic rings. The van der Waals surface area contributed by atoms with Crippen LogP contribution in [-0.4, -0.2) is 44.1 Å². The molecule has 2 rings (SSSR count). The molecule has 0 saturated carbocycles. The Morgan fingerprint density at radius 3 is 2.12 bits per heavy atom. The Morgan fingerprint density at radius 2 is 1.56 bits per heavy atom. The zero-order chi connectivity index (χ0) is 23.3. The maximum Gasteiger partial charge on any atom is 0.286 e. The number of rotatable bonds is 12. The molecular weight excluding hydrogens is 418 g/mol. The van der Waals surface area contributed by atoms with Crippen LogP contribution >= 0.6 is 0 Å². The molecule has 0 bridgehead atoms. The van der Waals surface area contributed by atoms with E-state index < -0.39 is 11.8 Å². The van der Waals surface area contributed by atoms with Crippen LogP contribution in [0.15, 0.2) is 34.9 Å². The Labute approximate surface area is 186 Å². The van der Waals surface area contributed by atoms with Gasteiger partial charge < -0.3 is 23.9 Å². The molecule has 0 aliphatic carbocycles. The summed E-state index contributed by atoms with van der Waals surface area (Å²) in [5, 5.41) is 2.64. The van der Waals surface area contributed by atoms with Crippen LogP contribution in [-0.2, 0) is 4.79 Å². The fraction of sp³-hybridized carbons (Fsp3) is 0.409. The number of hydrogen-bond donors (Lipinski definition) is 3. The molecular formula is C22H29N3O7. The lowest BCUT2D eigenvalue weighted by Gasteiger charge is -2.17. The van der Waals surface area contributed by atoms with E-state index in [4.69, 9.17) is 18.6 Å². The summed E-state index contributed by atoms with van der Waals surface area (Å²) in [6.45, 7) is 6.93. The van der Waals surface area contributed by atoms with Crippen LogP contribution in [0.1, 0.15) is 54.5 Å². The minimum Gasteiger partial charge on any atom is -0.490 e. The third kappa shape index (κ3) is 7.22. The highest BCUT2D eigenvalue weighted by Crippen LogP contribution is 2.39. The lowest BCUT2D eigenvalue weighted by molar-refractivity contribution is -0.121. The van der Waals surface area contributed by atoms with E-state index in [1.54, 1.807) is 12.1 Å². The van der Waals surface area contributed by atoms with Gasteiger partial charge in [0.25, 0.3) is 11.8 Å². The topological polar surface area (TPSA) is 128 Å². The highest BCUT2D eigenvalue weighted by molar-refractivity contribution is 5.96. The van der Waals surface area contributed by atoms with E-state index in [1.807, 2.05) is 20.8 Å². The molecule has 0 spiro atoms. The summed E-state index contributed by atoms with van der Waals surface area (Å²) in [5.41, 5.74) is 4.97. The molecule has 2 aromatic rings. The summed E-state index contributed by atoms with van der Waals surface area (Å²) in [6, 6.07) is 6.22. The lowest BCUT2D eigenvalue weighted by Crippen LogP contribution is -2.41. The fourth-order valence-electron chi connectivity index (χ4n) is 2.73. The normalized spacial score (nSPS) is 10.2. The van der Waals surface area contributed by atoms with Crippen molar-refractivity contribution in [3.63, 3.8) is 0 Å². The van der Waals surface area contributed by atoms with Crippen molar-refractivity contribution in [3.8, 4) is 17.2 Å². The van der Waals surface area contributed by atoms with Gasteiger partial charge in [-0.05, 0) is 51.5 Å². The van der Waals surface area contributed by atoms with Gasteiger partial charge in [-0.3, -0.25) is 25.2 Å². The molecule has 0 fully saturated rings. The Morgan fingerprint density at radius 1 is 0.906 bits per heavy atom. The average Bonchev–Trinajstić information content (AvgIpc) is 3.32. The maximum absolute atomic E-state index is 12.5. The van der Waals surface area contributed by atoms with Crippen molar-refractivity contribution in [2.45, 2.75) is 33.6 Å². The van der Waals surface area contributed by atoms with Gasteiger partial charge in [0.1, 0.15) is 0 Å². The summed E-state index contributed by atoms with van der Waals surface area (Å²) >= 11 is 0. The van der Waals surface area contributed by atoms with Crippen LogP contribution in [0.2, 0.25) is 0 Å². The Balaban J connectivity index is 1.88. The summed E-state index contributed by atoms with van der Waals surface area (Å²) in [4.78, 5) is 36.3. The zero-order valence-electron chi connectivity index (χ0n) is 18.5. The standard InChI is InChI=1S/C22H29N3O7/c1-4-29-17-13-15(14-18(30-5-2)20(17)31-6-3)21(27)25-24-19(26)10-7-11-23-22(28)16-9-8-12-32-16/h8-9,12-14H,4-7,10-11H2,1-3H3,(H,23,28)(H,24,26)(H,25,27). The number of hydrazine groups is 1. The summed E-state index contributed by atoms with van der Waals surface area (Å²) in [6.07, 6.45) is 1.90. The van der Waals surface area contributed by atoms with E-state index in [-0.39, 0.29) is 30.2 Å². The highest BCUT2D eigenvalue weighted by atomic mass is 16.5. The van der Waals surface area contributed by atoms with Gasteiger partial charge in [-0.25, -0.2) is 0 Å². The minimum absolute atomic E-state index is 0.108. The molecule has 3 amide bonds. The van der Waals surface area contributed by atoms with Gasteiger partial charge in [-0.15, -0.1) is 0 Å². The number of hydrogen-bond acceptors (Lipinski definition) is 7. The number of carbonyl (C=O) groups is 3. The van der Waals surface area contributed by atoms with E-state index in [0.717, 1.165) is 0 Å². The van der Waals surface area contributed by atoms with Crippen molar-refractivity contribution >= 4 is 17.7 Å². The first-order valence-electron chi connectivity index (χ1n) is 10.5. The predicted molar refractivity (Wildman–Crippen MR) is 116 cm³/mol. The van der Waals surface area contributed by atoms with E-state index in [2.05, 4.69) is 16.2 Å². The van der Waals surface area contributed by atoms with Crippen LogP contribution < -0.4 is 30.4 Å². The van der Waals surface area contributed by atoms with Gasteiger partial charge in [0.05, 0.1) is 26.1 Å². The van der Waals surface area contributed by atoms with Gasteiger partial charge in [0.2, 0.25) is 11.7 Å². The summed E-state index contributed by atoms with van der Waals surface area (Å²) < 4.78 is 21.8. The third-order valence-corrected chi connectivity index (χ3v) is 4.10. The monoisotopic (exact) mass is 447 g/mol. The molecule has 1 aromatic heterocycles. The summed E-state index contributed by atoms with van der Waals surface area (Å²) in [5.74, 6) is 0.104. The number of benzene rings is 1. The van der Waals surface area contributed by atoms with Gasteiger partial charge >= 0.3 is 0 Å². The van der Waals surface area contributed by atoms with E-state index in [0.29, 0.717) is 43.5 Å². The molecule has 32 heavy (non-hydrogen) atoms. The predicted octanol–water partition coefficient (Wildman–Crippen LogP) is 2.45. The first-order valence-corrected chi connectivity index (χ1v) is 10.5. The molecule has 0 radical (unpaired) electrons. The van der Waals surface area contributed by atoms with Gasteiger partial charge in [-0.2, -0.15) is 0 Å². The average molecular weight is 447 g/mol. The van der Waals surface area contributed by atoms with Crippen LogP contribution in [0.3, 0.4) is 0 Å². The second-order valence-corrected chi connectivity index (χ2v) is 6.44. The zero-order valence-corrected chi connectivity index (χ0v) is 18.5. The van der Waals surface area contributed by atoms with Gasteiger partial charge in [-0.1, -0.05) is 0 Å². The number of amides is 3. The van der Waals surface area contributed by atoms with E-state index in [9.17, 15) is 14.4 Å². The molecule has 0 saturated heterocycles. The number of carbonyl (C=O) groups excluding carboxylic acids is 3. The maximum atomic E-state index is 12.5. The first kappa shape index (κ1) is 24.6. The molecule has 0 aliphatic heterocycles. The molecule has 1 aromatic carbocycles. The minimum atomic E-state index is -0.533. The molecule has 10 heteroatoms. The number of furan rings is 1.